The molecule has 2 unspecified atom stereocenters. The zero-order valence-electron chi connectivity index (χ0n) is 9.34. The average Bonchev–Trinajstić information content (AvgIpc) is 2.53. The predicted octanol–water partition coefficient (Wildman–Crippen LogP) is 1.76. The van der Waals surface area contributed by atoms with Crippen molar-refractivity contribution in [2.24, 2.45) is 0 Å². The maximum Gasteiger partial charge on any atom is 0.0604 e. The van der Waals surface area contributed by atoms with Gasteiger partial charge in [0.05, 0.1) is 17.5 Å². The van der Waals surface area contributed by atoms with Crippen molar-refractivity contribution in [2.45, 2.75) is 43.9 Å². The van der Waals surface area contributed by atoms with Crippen LogP contribution in [0.15, 0.2) is 24.3 Å². The molecular weight excluding hydrogens is 200 g/mol. The number of rotatable bonds is 1. The lowest BCUT2D eigenvalue weighted by molar-refractivity contribution is 0.126. The van der Waals surface area contributed by atoms with E-state index in [-0.39, 0.29) is 6.10 Å². The number of aliphatic hydroxyl groups is 1. The molecule has 0 aliphatic carbocycles. The molecule has 0 aromatic heterocycles. The quantitative estimate of drug-likeness (QED) is 0.706. The number of piperidine rings is 1. The number of anilines is 2. The summed E-state index contributed by atoms with van der Waals surface area (Å²) in [5.74, 6) is 0. The highest BCUT2D eigenvalue weighted by Gasteiger charge is 2.40. The van der Waals surface area contributed by atoms with E-state index in [1.165, 1.54) is 12.8 Å². The summed E-state index contributed by atoms with van der Waals surface area (Å²) >= 11 is 0. The van der Waals surface area contributed by atoms with E-state index >= 15 is 0 Å². The molecule has 1 aromatic carbocycles. The number of nitrogens with two attached hydrogens (primary N) is 1. The maximum atomic E-state index is 9.77. The van der Waals surface area contributed by atoms with Crippen molar-refractivity contribution >= 4 is 11.4 Å². The van der Waals surface area contributed by atoms with Crippen molar-refractivity contribution in [1.82, 2.24) is 0 Å². The van der Waals surface area contributed by atoms with E-state index in [4.69, 9.17) is 5.73 Å². The van der Waals surface area contributed by atoms with E-state index in [1.807, 2.05) is 18.2 Å². The summed E-state index contributed by atoms with van der Waals surface area (Å²) in [5, 5.41) is 9.77. The van der Waals surface area contributed by atoms with Gasteiger partial charge in [-0.1, -0.05) is 12.1 Å². The predicted molar refractivity (Wildman–Crippen MR) is 65.4 cm³/mol. The summed E-state index contributed by atoms with van der Waals surface area (Å²) in [5.41, 5.74) is 8.05. The molecule has 2 saturated heterocycles. The largest absolute Gasteiger partial charge is 0.397 e. The summed E-state index contributed by atoms with van der Waals surface area (Å²) < 4.78 is 0. The number of hydrogen-bond acceptors (Lipinski definition) is 3. The Hall–Kier alpha value is -1.22. The van der Waals surface area contributed by atoms with E-state index in [9.17, 15) is 5.11 Å². The summed E-state index contributed by atoms with van der Waals surface area (Å²) in [6, 6.07) is 9.03. The first kappa shape index (κ1) is 9.97. The summed E-state index contributed by atoms with van der Waals surface area (Å²) in [4.78, 5) is 2.43. The molecule has 2 aliphatic rings. The fourth-order valence-corrected chi connectivity index (χ4v) is 3.26. The number of nitrogen functional groups attached to an aromatic ring is 1. The summed E-state index contributed by atoms with van der Waals surface area (Å²) in [7, 11) is 0. The number of nitrogens with zero attached hydrogens (tertiary/aromatic N) is 1. The molecule has 2 aliphatic heterocycles. The summed E-state index contributed by atoms with van der Waals surface area (Å²) in [6.45, 7) is 0. The van der Waals surface area contributed by atoms with E-state index < -0.39 is 0 Å². The fraction of sp³-hybridized carbons (Fsp3) is 0.538. The van der Waals surface area contributed by atoms with Gasteiger partial charge in [-0.2, -0.15) is 0 Å². The van der Waals surface area contributed by atoms with Gasteiger partial charge in [0.1, 0.15) is 0 Å². The van der Waals surface area contributed by atoms with Gasteiger partial charge < -0.3 is 15.7 Å². The van der Waals surface area contributed by atoms with E-state index in [2.05, 4.69) is 11.0 Å². The lowest BCUT2D eigenvalue weighted by Gasteiger charge is -2.39. The first-order chi connectivity index (χ1) is 7.75. The van der Waals surface area contributed by atoms with Crippen LogP contribution in [-0.2, 0) is 0 Å². The van der Waals surface area contributed by atoms with Crippen LogP contribution in [0.4, 0.5) is 11.4 Å². The van der Waals surface area contributed by atoms with Crippen molar-refractivity contribution in [2.75, 3.05) is 10.6 Å². The minimum absolute atomic E-state index is 0.112. The highest BCUT2D eigenvalue weighted by Crippen LogP contribution is 2.41. The van der Waals surface area contributed by atoms with Crippen LogP contribution < -0.4 is 10.6 Å². The fourth-order valence-electron chi connectivity index (χ4n) is 3.26. The molecule has 2 bridgehead atoms. The maximum absolute atomic E-state index is 9.77. The van der Waals surface area contributed by atoms with Crippen molar-refractivity contribution in [1.29, 1.82) is 0 Å². The van der Waals surface area contributed by atoms with Crippen molar-refractivity contribution < 1.29 is 5.11 Å². The number of para-hydroxylation sites is 2. The minimum Gasteiger partial charge on any atom is -0.397 e. The Balaban J connectivity index is 1.94. The van der Waals surface area contributed by atoms with E-state index in [0.29, 0.717) is 12.1 Å². The van der Waals surface area contributed by atoms with Crippen LogP contribution >= 0.6 is 0 Å². The molecule has 16 heavy (non-hydrogen) atoms. The number of fused-ring (bicyclic) bond motifs is 2. The lowest BCUT2D eigenvalue weighted by Crippen LogP contribution is -2.45. The molecule has 3 nitrogen and oxygen atoms in total. The Morgan fingerprint density at radius 1 is 1.12 bits per heavy atom. The second-order valence-corrected chi connectivity index (χ2v) is 4.98. The topological polar surface area (TPSA) is 49.5 Å². The zero-order valence-corrected chi connectivity index (χ0v) is 9.34. The molecule has 3 heteroatoms. The van der Waals surface area contributed by atoms with Crippen LogP contribution in [0, 0.1) is 0 Å². The number of aliphatic hydroxyl groups excluding tert-OH is 1. The Bertz CT molecular complexity index is 379. The molecule has 0 radical (unpaired) electrons. The van der Waals surface area contributed by atoms with Gasteiger partial charge >= 0.3 is 0 Å². The monoisotopic (exact) mass is 218 g/mol. The molecule has 1 aromatic rings. The molecule has 3 rings (SSSR count). The normalized spacial score (nSPS) is 33.1. The summed E-state index contributed by atoms with van der Waals surface area (Å²) in [6.07, 6.45) is 4.06. The zero-order chi connectivity index (χ0) is 11.1. The Kier molecular flexibility index (Phi) is 2.28. The van der Waals surface area contributed by atoms with Gasteiger partial charge in [0.2, 0.25) is 0 Å². The Morgan fingerprint density at radius 2 is 1.75 bits per heavy atom. The molecule has 0 saturated carbocycles. The second kappa shape index (κ2) is 3.67. The highest BCUT2D eigenvalue weighted by atomic mass is 16.3. The lowest BCUT2D eigenvalue weighted by atomic mass is 9.99. The molecule has 2 heterocycles. The molecule has 2 atom stereocenters. The molecular formula is C13H18N2O. The third-order valence-corrected chi connectivity index (χ3v) is 3.92. The van der Waals surface area contributed by atoms with Gasteiger partial charge in [0.25, 0.3) is 0 Å². The first-order valence-electron chi connectivity index (χ1n) is 6.06. The van der Waals surface area contributed by atoms with Crippen LogP contribution in [0.3, 0.4) is 0 Å². The smallest absolute Gasteiger partial charge is 0.0604 e. The molecule has 86 valence electrons. The van der Waals surface area contributed by atoms with Gasteiger partial charge in [0.15, 0.2) is 0 Å². The first-order valence-corrected chi connectivity index (χ1v) is 6.06. The Labute approximate surface area is 95.9 Å². The van der Waals surface area contributed by atoms with Gasteiger partial charge in [-0.3, -0.25) is 0 Å². The van der Waals surface area contributed by atoms with Crippen molar-refractivity contribution in [3.05, 3.63) is 24.3 Å². The standard InChI is InChI=1S/C13H18N2O/c14-12-3-1-2-4-13(12)15-9-5-6-10(15)8-11(16)7-9/h1-4,9-11,16H,5-8,14H2. The Morgan fingerprint density at radius 3 is 2.38 bits per heavy atom. The van der Waals surface area contributed by atoms with Gasteiger partial charge in [-0.25, -0.2) is 0 Å². The van der Waals surface area contributed by atoms with E-state index in [1.54, 1.807) is 0 Å². The van der Waals surface area contributed by atoms with Gasteiger partial charge in [-0.15, -0.1) is 0 Å². The van der Waals surface area contributed by atoms with Gasteiger partial charge in [0, 0.05) is 12.1 Å². The third-order valence-electron chi connectivity index (χ3n) is 3.92. The van der Waals surface area contributed by atoms with Crippen LogP contribution in [0.2, 0.25) is 0 Å². The molecule has 0 amide bonds. The SMILES string of the molecule is Nc1ccccc1N1C2CCC1CC(O)C2. The van der Waals surface area contributed by atoms with E-state index in [0.717, 1.165) is 24.2 Å². The molecule has 3 N–H and O–H groups in total. The molecule has 2 fully saturated rings. The third kappa shape index (κ3) is 1.47. The molecule has 0 spiro atoms. The highest BCUT2D eigenvalue weighted by molar-refractivity contribution is 5.69. The van der Waals surface area contributed by atoms with Crippen LogP contribution in [-0.4, -0.2) is 23.3 Å². The number of benzene rings is 1. The van der Waals surface area contributed by atoms with Crippen LogP contribution in [0.5, 0.6) is 0 Å². The van der Waals surface area contributed by atoms with Crippen molar-refractivity contribution in [3.8, 4) is 0 Å². The minimum atomic E-state index is -0.112. The number of hydrogen-bond donors (Lipinski definition) is 2. The van der Waals surface area contributed by atoms with Crippen LogP contribution in [0.25, 0.3) is 0 Å². The van der Waals surface area contributed by atoms with Gasteiger partial charge in [-0.05, 0) is 37.8 Å². The second-order valence-electron chi connectivity index (χ2n) is 4.98. The van der Waals surface area contributed by atoms with Crippen molar-refractivity contribution in [3.63, 3.8) is 0 Å². The van der Waals surface area contributed by atoms with Crippen LogP contribution in [0.1, 0.15) is 25.7 Å². The average molecular weight is 218 g/mol.